The summed E-state index contributed by atoms with van der Waals surface area (Å²) in [6, 6.07) is 6.86. The molecule has 3 atom stereocenters. The number of hydrogen-bond donors (Lipinski definition) is 3. The molecule has 1 fully saturated rings. The number of hydrogen-bond acceptors (Lipinski definition) is 5. The molecule has 2 aliphatic heterocycles. The van der Waals surface area contributed by atoms with Gasteiger partial charge in [0, 0.05) is 43.0 Å². The molecule has 2 unspecified atom stereocenters. The second-order valence-electron chi connectivity index (χ2n) is 7.48. The number of halogens is 3. The lowest BCUT2D eigenvalue weighted by molar-refractivity contribution is -0.192. The summed E-state index contributed by atoms with van der Waals surface area (Å²) in [7, 11) is 0. The molecule has 1 aromatic carbocycles. The summed E-state index contributed by atoms with van der Waals surface area (Å²) in [6.07, 6.45) is -2.39. The fraction of sp³-hybridized carbons (Fsp3) is 0.600. The van der Waals surface area contributed by atoms with Gasteiger partial charge < -0.3 is 20.5 Å². The zero-order valence-corrected chi connectivity index (χ0v) is 17.7. The SMILES string of the molecule is CC1Cc2cc(C[C@@H](C)NC(=O)CC3CSCCN3)ccc2O1.O=C(O)C(F)(F)F. The van der Waals surface area contributed by atoms with E-state index in [0.29, 0.717) is 12.5 Å². The van der Waals surface area contributed by atoms with Crippen molar-refractivity contribution in [1.82, 2.24) is 10.6 Å². The summed E-state index contributed by atoms with van der Waals surface area (Å²) in [5.74, 6) is 0.585. The zero-order chi connectivity index (χ0) is 22.3. The van der Waals surface area contributed by atoms with Crippen molar-refractivity contribution < 1.29 is 32.6 Å². The van der Waals surface area contributed by atoms with Crippen LogP contribution >= 0.6 is 11.8 Å². The maximum atomic E-state index is 12.2. The van der Waals surface area contributed by atoms with E-state index in [-0.39, 0.29) is 18.1 Å². The molecule has 1 amide bonds. The first kappa shape index (κ1) is 24.3. The van der Waals surface area contributed by atoms with E-state index in [1.165, 1.54) is 11.1 Å². The lowest BCUT2D eigenvalue weighted by Gasteiger charge is -2.23. The van der Waals surface area contributed by atoms with Gasteiger partial charge in [-0.15, -0.1) is 0 Å². The summed E-state index contributed by atoms with van der Waals surface area (Å²) in [6.45, 7) is 5.18. The molecule has 6 nitrogen and oxygen atoms in total. The Morgan fingerprint density at radius 1 is 1.40 bits per heavy atom. The van der Waals surface area contributed by atoms with Crippen molar-refractivity contribution in [3.8, 4) is 5.75 Å². The first-order chi connectivity index (χ1) is 14.0. The van der Waals surface area contributed by atoms with E-state index < -0.39 is 12.1 Å². The third kappa shape index (κ3) is 8.06. The van der Waals surface area contributed by atoms with Crippen LogP contribution in [0, 0.1) is 0 Å². The van der Waals surface area contributed by atoms with Crippen LogP contribution in [0.15, 0.2) is 18.2 Å². The summed E-state index contributed by atoms with van der Waals surface area (Å²) in [5, 5.41) is 13.7. The fourth-order valence-electron chi connectivity index (χ4n) is 3.32. The Morgan fingerprint density at radius 3 is 2.70 bits per heavy atom. The lowest BCUT2D eigenvalue weighted by atomic mass is 10.0. The van der Waals surface area contributed by atoms with Gasteiger partial charge >= 0.3 is 12.1 Å². The smallest absolute Gasteiger partial charge is 0.490 e. The van der Waals surface area contributed by atoms with Crippen molar-refractivity contribution in [1.29, 1.82) is 0 Å². The minimum absolute atomic E-state index is 0.149. The average molecular weight is 449 g/mol. The number of carboxylic acids is 1. The van der Waals surface area contributed by atoms with Crippen LogP contribution in [0.2, 0.25) is 0 Å². The second-order valence-corrected chi connectivity index (χ2v) is 8.63. The van der Waals surface area contributed by atoms with Crippen molar-refractivity contribution in [2.75, 3.05) is 18.1 Å². The van der Waals surface area contributed by atoms with E-state index in [2.05, 4.69) is 42.7 Å². The van der Waals surface area contributed by atoms with Gasteiger partial charge in [0.05, 0.1) is 0 Å². The Labute approximate surface area is 177 Å². The minimum Gasteiger partial charge on any atom is -0.490 e. The Morgan fingerprint density at radius 2 is 2.10 bits per heavy atom. The van der Waals surface area contributed by atoms with Gasteiger partial charge in [0.25, 0.3) is 0 Å². The van der Waals surface area contributed by atoms with Crippen LogP contribution in [0.3, 0.4) is 0 Å². The monoisotopic (exact) mass is 448 g/mol. The quantitative estimate of drug-likeness (QED) is 0.642. The molecule has 3 rings (SSSR count). The topological polar surface area (TPSA) is 87.7 Å². The molecule has 0 aliphatic carbocycles. The maximum Gasteiger partial charge on any atom is 0.490 e. The molecule has 2 heterocycles. The number of amides is 1. The number of rotatable bonds is 5. The van der Waals surface area contributed by atoms with Gasteiger partial charge in [0.2, 0.25) is 5.91 Å². The van der Waals surface area contributed by atoms with Gasteiger partial charge in [-0.25, -0.2) is 4.79 Å². The van der Waals surface area contributed by atoms with Crippen LogP contribution in [0.5, 0.6) is 5.75 Å². The van der Waals surface area contributed by atoms with E-state index in [1.807, 2.05) is 11.8 Å². The molecule has 0 bridgehead atoms. The highest BCUT2D eigenvalue weighted by Gasteiger charge is 2.38. The Balaban J connectivity index is 0.000000396. The number of fused-ring (bicyclic) bond motifs is 1. The molecule has 3 N–H and O–H groups in total. The number of benzene rings is 1. The van der Waals surface area contributed by atoms with E-state index in [1.54, 1.807) is 0 Å². The first-order valence-electron chi connectivity index (χ1n) is 9.73. The van der Waals surface area contributed by atoms with E-state index >= 15 is 0 Å². The number of carboxylic acid groups (broad SMARTS) is 1. The van der Waals surface area contributed by atoms with Gasteiger partial charge in [-0.05, 0) is 37.5 Å². The van der Waals surface area contributed by atoms with Gasteiger partial charge in [0.1, 0.15) is 11.9 Å². The van der Waals surface area contributed by atoms with Crippen molar-refractivity contribution in [2.45, 2.75) is 57.5 Å². The molecule has 10 heteroatoms. The average Bonchev–Trinajstić information content (AvgIpc) is 3.01. The molecule has 2 aliphatic rings. The molecular weight excluding hydrogens is 421 g/mol. The highest BCUT2D eigenvalue weighted by Crippen LogP contribution is 2.29. The van der Waals surface area contributed by atoms with Crippen LogP contribution in [0.1, 0.15) is 31.4 Å². The van der Waals surface area contributed by atoms with E-state index in [9.17, 15) is 18.0 Å². The Kier molecular flexibility index (Phi) is 8.84. The number of thioether (sulfide) groups is 1. The zero-order valence-electron chi connectivity index (χ0n) is 16.9. The van der Waals surface area contributed by atoms with Gasteiger partial charge in [-0.1, -0.05) is 12.1 Å². The fourth-order valence-corrected chi connectivity index (χ4v) is 4.26. The molecule has 30 heavy (non-hydrogen) atoms. The number of ether oxygens (including phenoxy) is 1. The van der Waals surface area contributed by atoms with Crippen molar-refractivity contribution in [3.63, 3.8) is 0 Å². The van der Waals surface area contributed by atoms with Crippen LogP contribution in [-0.2, 0) is 22.4 Å². The highest BCUT2D eigenvalue weighted by molar-refractivity contribution is 7.99. The maximum absolute atomic E-state index is 12.2. The largest absolute Gasteiger partial charge is 0.490 e. The molecule has 0 saturated carbocycles. The summed E-state index contributed by atoms with van der Waals surface area (Å²) < 4.78 is 37.5. The van der Waals surface area contributed by atoms with Gasteiger partial charge in [-0.3, -0.25) is 4.79 Å². The summed E-state index contributed by atoms with van der Waals surface area (Å²) >= 11 is 1.92. The van der Waals surface area contributed by atoms with Crippen LogP contribution in [0.25, 0.3) is 0 Å². The molecule has 1 saturated heterocycles. The van der Waals surface area contributed by atoms with Crippen LogP contribution in [0.4, 0.5) is 13.2 Å². The third-order valence-electron chi connectivity index (χ3n) is 4.58. The van der Waals surface area contributed by atoms with E-state index in [0.717, 1.165) is 36.6 Å². The van der Waals surface area contributed by atoms with Crippen LogP contribution in [-0.4, -0.2) is 59.4 Å². The standard InChI is InChI=1S/C18H26N2O2S.C2HF3O2/c1-12(20-18(21)10-16-11-23-6-5-19-16)7-14-3-4-17-15(9-14)8-13(2)22-17;3-2(4,5)1(6)7/h3-4,9,12-13,16,19H,5-8,10-11H2,1-2H3,(H,20,21);(H,6,7)/t12-,13?,16?;/m1./s1. The predicted molar refractivity (Wildman–Crippen MR) is 109 cm³/mol. The highest BCUT2D eigenvalue weighted by atomic mass is 32.2. The Hall–Kier alpha value is -1.94. The molecule has 0 radical (unpaired) electrons. The number of carbonyl (C=O) groups excluding carboxylic acids is 1. The molecule has 168 valence electrons. The Bertz CT molecular complexity index is 739. The van der Waals surface area contributed by atoms with Gasteiger partial charge in [0.15, 0.2) is 0 Å². The normalized spacial score (nSPS) is 21.5. The van der Waals surface area contributed by atoms with Crippen molar-refractivity contribution >= 4 is 23.6 Å². The number of aliphatic carboxylic acids is 1. The van der Waals surface area contributed by atoms with Gasteiger partial charge in [-0.2, -0.15) is 24.9 Å². The summed E-state index contributed by atoms with van der Waals surface area (Å²) in [4.78, 5) is 21.1. The van der Waals surface area contributed by atoms with Crippen LogP contribution < -0.4 is 15.4 Å². The predicted octanol–water partition coefficient (Wildman–Crippen LogP) is 2.79. The third-order valence-corrected chi connectivity index (χ3v) is 5.71. The molecular formula is C20H27F3N2O4S. The molecule has 1 aromatic rings. The number of carbonyl (C=O) groups is 2. The van der Waals surface area contributed by atoms with Crippen molar-refractivity contribution in [3.05, 3.63) is 29.3 Å². The molecule has 0 aromatic heterocycles. The molecule has 0 spiro atoms. The van der Waals surface area contributed by atoms with Crippen molar-refractivity contribution in [2.24, 2.45) is 0 Å². The summed E-state index contributed by atoms with van der Waals surface area (Å²) in [5.41, 5.74) is 2.55. The lowest BCUT2D eigenvalue weighted by Crippen LogP contribution is -2.43. The van der Waals surface area contributed by atoms with E-state index in [4.69, 9.17) is 14.6 Å². The minimum atomic E-state index is -5.08. The first-order valence-corrected chi connectivity index (χ1v) is 10.9. The number of nitrogens with one attached hydrogen (secondary N) is 2. The number of alkyl halides is 3. The second kappa shape index (κ2) is 10.9.